The van der Waals surface area contributed by atoms with E-state index in [-0.39, 0.29) is 38.4 Å². The van der Waals surface area contributed by atoms with E-state index in [2.05, 4.69) is 126 Å². The molecule has 0 aromatic carbocycles. The van der Waals surface area contributed by atoms with E-state index in [4.69, 9.17) is 5.73 Å². The summed E-state index contributed by atoms with van der Waals surface area (Å²) in [5.74, 6) is 7.12. The summed E-state index contributed by atoms with van der Waals surface area (Å²) in [6.45, 7) is 37.6. The number of hydrogen-bond donors (Lipinski definition) is 3. The maximum absolute atomic E-state index is 6.72. The first-order valence-corrected chi connectivity index (χ1v) is 16.5. The first kappa shape index (κ1) is 38.4. The smallest absolute Gasteiger partial charge is 0.0854 e. The van der Waals surface area contributed by atoms with Crippen LogP contribution in [0.1, 0.15) is 175 Å². The zero-order valence-corrected chi connectivity index (χ0v) is 29.7. The van der Waals surface area contributed by atoms with Crippen molar-refractivity contribution in [2.75, 3.05) is 0 Å². The molecular weight excluding hydrogens is 474 g/mol. The van der Waals surface area contributed by atoms with Gasteiger partial charge in [-0.05, 0) is 109 Å². The molecule has 0 heterocycles. The van der Waals surface area contributed by atoms with Crippen molar-refractivity contribution in [3.05, 3.63) is 0 Å². The van der Waals surface area contributed by atoms with E-state index in [1.165, 1.54) is 12.8 Å². The third-order valence-corrected chi connectivity index (χ3v) is 11.5. The van der Waals surface area contributed by atoms with E-state index in [9.17, 15) is 0 Å². The van der Waals surface area contributed by atoms with Crippen molar-refractivity contribution in [3.63, 3.8) is 0 Å². The Hall–Kier alpha value is -0.560. The molecule has 232 valence electrons. The van der Waals surface area contributed by atoms with Crippen molar-refractivity contribution in [2.45, 2.75) is 203 Å². The Labute approximate surface area is 247 Å². The molecule has 39 heavy (non-hydrogen) atoms. The van der Waals surface area contributed by atoms with Crippen molar-refractivity contribution in [1.29, 1.82) is 0 Å². The van der Waals surface area contributed by atoms with Crippen LogP contribution in [-0.4, -0.2) is 28.2 Å². The van der Waals surface area contributed by atoms with E-state index >= 15 is 0 Å². The maximum Gasteiger partial charge on any atom is 0.0854 e. The third-order valence-electron chi connectivity index (χ3n) is 11.5. The lowest BCUT2D eigenvalue weighted by molar-refractivity contribution is 0.0265. The SMILES string of the molecule is CC#CC(CC)(NC(C)CC(C)(CC)C(C)(CC)NC(C)(CC)CC(C)(N)CC)C(C)(CC)CC(C)(C)CC. The summed E-state index contributed by atoms with van der Waals surface area (Å²) in [6.07, 6.45) is 10.8. The van der Waals surface area contributed by atoms with Crippen LogP contribution >= 0.6 is 0 Å². The van der Waals surface area contributed by atoms with E-state index in [1.807, 2.05) is 6.92 Å². The molecule has 0 saturated carbocycles. The minimum Gasteiger partial charge on any atom is -0.325 e. The van der Waals surface area contributed by atoms with Crippen molar-refractivity contribution in [1.82, 2.24) is 10.6 Å². The molecule has 0 aromatic heterocycles. The Kier molecular flexibility index (Phi) is 14.3. The molecule has 7 atom stereocenters. The van der Waals surface area contributed by atoms with Crippen LogP contribution in [0.3, 0.4) is 0 Å². The van der Waals surface area contributed by atoms with Crippen molar-refractivity contribution < 1.29 is 0 Å². The van der Waals surface area contributed by atoms with Gasteiger partial charge < -0.3 is 11.1 Å². The molecule has 0 aromatic rings. The van der Waals surface area contributed by atoms with Gasteiger partial charge in [0.25, 0.3) is 0 Å². The first-order chi connectivity index (χ1) is 17.7. The highest BCUT2D eigenvalue weighted by Gasteiger charge is 2.50. The first-order valence-electron chi connectivity index (χ1n) is 16.5. The normalized spacial score (nSPS) is 22.6. The summed E-state index contributed by atoms with van der Waals surface area (Å²) >= 11 is 0. The highest BCUT2D eigenvalue weighted by atomic mass is 15.1. The van der Waals surface area contributed by atoms with E-state index in [0.717, 1.165) is 51.4 Å². The Bertz CT molecular complexity index is 791. The molecule has 7 unspecified atom stereocenters. The fraction of sp³-hybridized carbons (Fsp3) is 0.944. The molecule has 0 spiro atoms. The molecule has 0 amide bonds. The van der Waals surface area contributed by atoms with Gasteiger partial charge in [-0.2, -0.15) is 0 Å². The second-order valence-electron chi connectivity index (χ2n) is 15.3. The summed E-state index contributed by atoms with van der Waals surface area (Å²) in [4.78, 5) is 0. The number of nitrogens with two attached hydrogens (primary N) is 1. The molecule has 0 fully saturated rings. The molecule has 0 aliphatic heterocycles. The predicted molar refractivity (Wildman–Crippen MR) is 177 cm³/mol. The topological polar surface area (TPSA) is 50.1 Å². The fourth-order valence-corrected chi connectivity index (χ4v) is 7.46. The Balaban J connectivity index is 6.42. The lowest BCUT2D eigenvalue weighted by Crippen LogP contribution is -2.65. The Morgan fingerprint density at radius 1 is 0.667 bits per heavy atom. The second-order valence-corrected chi connectivity index (χ2v) is 15.3. The zero-order valence-electron chi connectivity index (χ0n) is 29.7. The maximum atomic E-state index is 6.72. The van der Waals surface area contributed by atoms with Crippen LogP contribution in [0, 0.1) is 28.1 Å². The summed E-state index contributed by atoms with van der Waals surface area (Å²) in [5.41, 5.74) is 6.78. The van der Waals surface area contributed by atoms with Crippen LogP contribution in [0.4, 0.5) is 0 Å². The van der Waals surface area contributed by atoms with Gasteiger partial charge in [-0.15, -0.1) is 5.92 Å². The lowest BCUT2D eigenvalue weighted by Gasteiger charge is -2.55. The minimum absolute atomic E-state index is 0.00918. The van der Waals surface area contributed by atoms with E-state index < -0.39 is 0 Å². The molecule has 3 nitrogen and oxygen atoms in total. The highest BCUT2D eigenvalue weighted by Crippen LogP contribution is 2.49. The molecule has 0 aliphatic rings. The second kappa shape index (κ2) is 14.6. The van der Waals surface area contributed by atoms with Crippen molar-refractivity contribution >= 4 is 0 Å². The minimum atomic E-state index is -0.215. The number of hydrogen-bond acceptors (Lipinski definition) is 3. The van der Waals surface area contributed by atoms with Gasteiger partial charge in [0.1, 0.15) is 0 Å². The van der Waals surface area contributed by atoms with Gasteiger partial charge in [0.15, 0.2) is 0 Å². The van der Waals surface area contributed by atoms with Gasteiger partial charge in [0, 0.05) is 22.7 Å². The third kappa shape index (κ3) is 9.48. The summed E-state index contributed by atoms with van der Waals surface area (Å²) in [7, 11) is 0. The molecule has 0 rings (SSSR count). The van der Waals surface area contributed by atoms with Crippen LogP contribution in [-0.2, 0) is 0 Å². The van der Waals surface area contributed by atoms with Gasteiger partial charge in [0.05, 0.1) is 5.54 Å². The standard InChI is InChI=1S/C36H73N3/c1-17-25-36(24-8,32(13,20-4)27-30(10,11)18-2)38-29(9)26-31(12,19-3)35(16,23-7)39-34(15,22-6)28-33(14,37)21-5/h29,38-39H,18-24,26-28,37H2,1-16H3. The number of nitrogens with one attached hydrogen (secondary N) is 2. The largest absolute Gasteiger partial charge is 0.325 e. The van der Waals surface area contributed by atoms with Crippen LogP contribution in [0.2, 0.25) is 0 Å². The zero-order chi connectivity index (χ0) is 31.0. The molecule has 0 bridgehead atoms. The van der Waals surface area contributed by atoms with Crippen LogP contribution in [0.5, 0.6) is 0 Å². The molecule has 0 saturated heterocycles. The highest BCUT2D eigenvalue weighted by molar-refractivity contribution is 5.24. The van der Waals surface area contributed by atoms with E-state index in [0.29, 0.717) is 6.04 Å². The monoisotopic (exact) mass is 548 g/mol. The number of rotatable bonds is 19. The lowest BCUT2D eigenvalue weighted by atomic mass is 9.59. The molecule has 4 N–H and O–H groups in total. The van der Waals surface area contributed by atoms with Gasteiger partial charge in [-0.25, -0.2) is 0 Å². The van der Waals surface area contributed by atoms with Crippen molar-refractivity contribution in [3.8, 4) is 11.8 Å². The average molecular weight is 548 g/mol. The fourth-order valence-electron chi connectivity index (χ4n) is 7.46. The Morgan fingerprint density at radius 3 is 1.56 bits per heavy atom. The van der Waals surface area contributed by atoms with Crippen LogP contribution in [0.15, 0.2) is 0 Å². The summed E-state index contributed by atoms with van der Waals surface area (Å²) in [6, 6.07) is 0.335. The van der Waals surface area contributed by atoms with Crippen LogP contribution < -0.4 is 16.4 Å². The molecule has 0 aliphatic carbocycles. The molecule has 3 heteroatoms. The van der Waals surface area contributed by atoms with Crippen LogP contribution in [0.25, 0.3) is 0 Å². The molecular formula is C36H73N3. The summed E-state index contributed by atoms with van der Waals surface area (Å²) < 4.78 is 0. The van der Waals surface area contributed by atoms with Crippen molar-refractivity contribution in [2.24, 2.45) is 22.0 Å². The Morgan fingerprint density at radius 2 is 1.21 bits per heavy atom. The quantitative estimate of drug-likeness (QED) is 0.141. The average Bonchev–Trinajstić information content (AvgIpc) is 2.87. The van der Waals surface area contributed by atoms with Gasteiger partial charge >= 0.3 is 0 Å². The summed E-state index contributed by atoms with van der Waals surface area (Å²) in [5, 5.41) is 8.45. The van der Waals surface area contributed by atoms with E-state index in [1.54, 1.807) is 0 Å². The van der Waals surface area contributed by atoms with Gasteiger partial charge in [0.2, 0.25) is 0 Å². The van der Waals surface area contributed by atoms with Gasteiger partial charge in [-0.1, -0.05) is 88.5 Å². The molecule has 0 radical (unpaired) electrons. The van der Waals surface area contributed by atoms with Gasteiger partial charge in [-0.3, -0.25) is 5.32 Å². The predicted octanol–water partition coefficient (Wildman–Crippen LogP) is 9.63.